The Morgan fingerprint density at radius 2 is 2.00 bits per heavy atom. The van der Waals surface area contributed by atoms with Gasteiger partial charge in [0.1, 0.15) is 0 Å². The molecule has 118 valence electrons. The molecule has 0 unspecified atom stereocenters. The monoisotopic (exact) mass is 392 g/mol. The molecule has 3 rings (SSSR count). The zero-order valence-electron chi connectivity index (χ0n) is 12.3. The first-order chi connectivity index (χ1) is 11.1. The fourth-order valence-electron chi connectivity index (χ4n) is 1.91. The van der Waals surface area contributed by atoms with Crippen molar-refractivity contribution in [1.29, 1.82) is 0 Å². The van der Waals surface area contributed by atoms with Crippen LogP contribution in [0.3, 0.4) is 0 Å². The number of carbonyl (C=O) groups excluding carboxylic acids is 1. The Labute approximate surface area is 145 Å². The highest BCUT2D eigenvalue weighted by molar-refractivity contribution is 9.11. The number of hydrogen-bond acceptors (Lipinski definition) is 6. The van der Waals surface area contributed by atoms with E-state index in [2.05, 4.69) is 26.1 Å². The van der Waals surface area contributed by atoms with Crippen LogP contribution in [-0.4, -0.2) is 16.2 Å². The van der Waals surface area contributed by atoms with Crippen LogP contribution in [0.15, 0.2) is 44.6 Å². The molecule has 0 spiro atoms. The van der Waals surface area contributed by atoms with E-state index in [1.807, 2.05) is 43.3 Å². The van der Waals surface area contributed by atoms with Crippen molar-refractivity contribution in [2.75, 3.05) is 0 Å². The van der Waals surface area contributed by atoms with Gasteiger partial charge in [0.05, 0.1) is 15.1 Å². The number of ether oxygens (including phenoxy) is 1. The van der Waals surface area contributed by atoms with Crippen LogP contribution in [0.1, 0.15) is 17.0 Å². The molecule has 1 aromatic carbocycles. The average Bonchev–Trinajstić information content (AvgIpc) is 3.16. The lowest BCUT2D eigenvalue weighted by atomic mass is 10.1. The molecule has 2 heterocycles. The molecule has 0 saturated heterocycles. The molecule has 0 radical (unpaired) electrons. The molecular weight excluding hydrogens is 380 g/mol. The molecule has 0 atom stereocenters. The second-order valence-electron chi connectivity index (χ2n) is 4.93. The zero-order valence-corrected chi connectivity index (χ0v) is 14.7. The molecule has 23 heavy (non-hydrogen) atoms. The third kappa shape index (κ3) is 4.27. The fourth-order valence-corrected chi connectivity index (χ4v) is 3.21. The minimum atomic E-state index is -0.326. The third-order valence-electron chi connectivity index (χ3n) is 3.08. The predicted octanol–water partition coefficient (Wildman–Crippen LogP) is 4.15. The summed E-state index contributed by atoms with van der Waals surface area (Å²) >= 11 is 4.88. The van der Waals surface area contributed by atoms with Gasteiger partial charge in [-0.25, -0.2) is 0 Å². The molecule has 0 N–H and O–H groups in total. The maximum Gasteiger partial charge on any atom is 0.310 e. The Balaban J connectivity index is 1.55. The topological polar surface area (TPSA) is 65.2 Å². The number of aryl methyl sites for hydroxylation is 1. The van der Waals surface area contributed by atoms with Gasteiger partial charge in [0, 0.05) is 0 Å². The van der Waals surface area contributed by atoms with E-state index in [0.717, 1.165) is 19.8 Å². The summed E-state index contributed by atoms with van der Waals surface area (Å²) in [5.74, 6) is 0.375. The highest BCUT2D eigenvalue weighted by Gasteiger charge is 2.12. The van der Waals surface area contributed by atoms with Gasteiger partial charge in [-0.05, 0) is 40.5 Å². The SMILES string of the molecule is Cc1ccc(CC(=O)OCc2nnc(-c3ccc(Br)s3)o2)cc1. The van der Waals surface area contributed by atoms with Crippen molar-refractivity contribution in [2.24, 2.45) is 0 Å². The van der Waals surface area contributed by atoms with E-state index in [-0.39, 0.29) is 24.9 Å². The summed E-state index contributed by atoms with van der Waals surface area (Å²) in [5, 5.41) is 7.84. The number of halogens is 1. The largest absolute Gasteiger partial charge is 0.455 e. The molecule has 0 saturated carbocycles. The standard InChI is InChI=1S/C16H13BrN2O3S/c1-10-2-4-11(5-3-10)8-15(20)21-9-14-18-19-16(22-14)12-6-7-13(17)23-12/h2-7H,8-9H2,1H3. The lowest BCUT2D eigenvalue weighted by molar-refractivity contribution is -0.144. The van der Waals surface area contributed by atoms with E-state index in [4.69, 9.17) is 9.15 Å². The van der Waals surface area contributed by atoms with Crippen molar-refractivity contribution in [3.05, 3.63) is 57.2 Å². The van der Waals surface area contributed by atoms with E-state index in [1.165, 1.54) is 11.3 Å². The van der Waals surface area contributed by atoms with Gasteiger partial charge in [0.25, 0.3) is 11.8 Å². The molecule has 0 bridgehead atoms. The van der Waals surface area contributed by atoms with Crippen LogP contribution < -0.4 is 0 Å². The molecular formula is C16H13BrN2O3S. The number of rotatable bonds is 5. The normalized spacial score (nSPS) is 10.7. The van der Waals surface area contributed by atoms with Crippen molar-refractivity contribution in [3.63, 3.8) is 0 Å². The second-order valence-corrected chi connectivity index (χ2v) is 7.39. The lowest BCUT2D eigenvalue weighted by Crippen LogP contribution is -2.08. The van der Waals surface area contributed by atoms with Crippen molar-refractivity contribution in [1.82, 2.24) is 10.2 Å². The highest BCUT2D eigenvalue weighted by atomic mass is 79.9. The first-order valence-corrected chi connectivity index (χ1v) is 8.50. The van der Waals surface area contributed by atoms with Gasteiger partial charge in [0.2, 0.25) is 0 Å². The number of esters is 1. The van der Waals surface area contributed by atoms with Crippen molar-refractivity contribution in [3.8, 4) is 10.8 Å². The van der Waals surface area contributed by atoms with Gasteiger partial charge in [0.15, 0.2) is 6.61 Å². The van der Waals surface area contributed by atoms with E-state index in [0.29, 0.717) is 5.89 Å². The second kappa shape index (κ2) is 7.06. The summed E-state index contributed by atoms with van der Waals surface area (Å²) in [6.07, 6.45) is 0.221. The van der Waals surface area contributed by atoms with Crippen LogP contribution in [0.2, 0.25) is 0 Å². The van der Waals surface area contributed by atoms with E-state index < -0.39 is 0 Å². The van der Waals surface area contributed by atoms with Gasteiger partial charge in [-0.3, -0.25) is 4.79 Å². The summed E-state index contributed by atoms with van der Waals surface area (Å²) in [7, 11) is 0. The minimum absolute atomic E-state index is 0.0236. The Bertz CT molecular complexity index is 811. The van der Waals surface area contributed by atoms with Crippen molar-refractivity contribution < 1.29 is 13.9 Å². The molecule has 2 aromatic heterocycles. The quantitative estimate of drug-likeness (QED) is 0.610. The average molecular weight is 393 g/mol. The first kappa shape index (κ1) is 15.9. The zero-order chi connectivity index (χ0) is 16.2. The summed E-state index contributed by atoms with van der Waals surface area (Å²) in [6.45, 7) is 1.98. The Morgan fingerprint density at radius 1 is 1.22 bits per heavy atom. The van der Waals surface area contributed by atoms with Crippen molar-refractivity contribution in [2.45, 2.75) is 20.0 Å². The van der Waals surface area contributed by atoms with E-state index in [1.54, 1.807) is 0 Å². The predicted molar refractivity (Wildman–Crippen MR) is 90.0 cm³/mol. The molecule has 0 aliphatic rings. The van der Waals surface area contributed by atoms with E-state index >= 15 is 0 Å². The van der Waals surface area contributed by atoms with Gasteiger partial charge >= 0.3 is 5.97 Å². The van der Waals surface area contributed by atoms with Crippen LogP contribution in [0.5, 0.6) is 0 Å². The Kier molecular flexibility index (Phi) is 4.88. The van der Waals surface area contributed by atoms with Gasteiger partial charge in [-0.15, -0.1) is 21.5 Å². The van der Waals surface area contributed by atoms with E-state index in [9.17, 15) is 4.79 Å². The summed E-state index contributed by atoms with van der Waals surface area (Å²) in [5.41, 5.74) is 2.07. The Hall–Kier alpha value is -1.99. The first-order valence-electron chi connectivity index (χ1n) is 6.89. The van der Waals surface area contributed by atoms with Crippen molar-refractivity contribution >= 4 is 33.2 Å². The number of benzene rings is 1. The molecule has 0 aliphatic heterocycles. The number of thiophene rings is 1. The molecule has 0 amide bonds. The highest BCUT2D eigenvalue weighted by Crippen LogP contribution is 2.30. The number of hydrogen-bond donors (Lipinski definition) is 0. The molecule has 5 nitrogen and oxygen atoms in total. The fraction of sp³-hybridized carbons (Fsp3) is 0.188. The Morgan fingerprint density at radius 3 is 2.70 bits per heavy atom. The molecule has 7 heteroatoms. The minimum Gasteiger partial charge on any atom is -0.455 e. The van der Waals surface area contributed by atoms with Gasteiger partial charge in [-0.1, -0.05) is 29.8 Å². The lowest BCUT2D eigenvalue weighted by Gasteiger charge is -2.02. The number of aromatic nitrogens is 2. The van der Waals surface area contributed by atoms with Crippen LogP contribution in [0.25, 0.3) is 10.8 Å². The van der Waals surface area contributed by atoms with Gasteiger partial charge in [-0.2, -0.15) is 0 Å². The number of carbonyl (C=O) groups is 1. The summed E-state index contributed by atoms with van der Waals surface area (Å²) in [6, 6.07) is 11.5. The summed E-state index contributed by atoms with van der Waals surface area (Å²) in [4.78, 5) is 12.7. The maximum absolute atomic E-state index is 11.8. The van der Waals surface area contributed by atoms with Crippen LogP contribution in [-0.2, 0) is 22.6 Å². The van der Waals surface area contributed by atoms with Crippen LogP contribution in [0.4, 0.5) is 0 Å². The third-order valence-corrected chi connectivity index (χ3v) is 4.69. The molecule has 0 fully saturated rings. The smallest absolute Gasteiger partial charge is 0.310 e. The van der Waals surface area contributed by atoms with Crippen LogP contribution in [0, 0.1) is 6.92 Å². The number of nitrogens with zero attached hydrogens (tertiary/aromatic N) is 2. The molecule has 3 aromatic rings. The van der Waals surface area contributed by atoms with Gasteiger partial charge < -0.3 is 9.15 Å². The molecule has 0 aliphatic carbocycles. The van der Waals surface area contributed by atoms with Crippen LogP contribution >= 0.6 is 27.3 Å². The maximum atomic E-state index is 11.8. The summed E-state index contributed by atoms with van der Waals surface area (Å²) < 4.78 is 11.6.